The number of non-ortho nitro benzene ring substituents is 1. The third-order valence-corrected chi connectivity index (χ3v) is 5.33. The van der Waals surface area contributed by atoms with E-state index in [-0.39, 0.29) is 17.1 Å². The lowest BCUT2D eigenvalue weighted by Gasteiger charge is -2.20. The molecule has 132 valence electrons. The van der Waals surface area contributed by atoms with E-state index in [4.69, 9.17) is 16.7 Å². The molecule has 10 heteroatoms. The van der Waals surface area contributed by atoms with Crippen LogP contribution in [0, 0.1) is 10.1 Å². The van der Waals surface area contributed by atoms with Crippen molar-refractivity contribution >= 4 is 33.3 Å². The first-order chi connectivity index (χ1) is 11.7. The SMILES string of the molecule is O=C(O)CN(Cc1ccc([N+](=O)[O-])cc1)S(=O)(=O)c1ccc(Cl)cc1. The molecule has 0 saturated carbocycles. The molecule has 0 aliphatic heterocycles. The van der Waals surface area contributed by atoms with E-state index in [1.54, 1.807) is 0 Å². The van der Waals surface area contributed by atoms with Crippen molar-refractivity contribution in [1.29, 1.82) is 0 Å². The molecule has 2 aromatic rings. The summed E-state index contributed by atoms with van der Waals surface area (Å²) in [4.78, 5) is 21.0. The molecule has 0 unspecified atom stereocenters. The second-order valence-corrected chi connectivity index (χ2v) is 7.42. The lowest BCUT2D eigenvalue weighted by Crippen LogP contribution is -2.35. The van der Waals surface area contributed by atoms with E-state index in [1.165, 1.54) is 48.5 Å². The van der Waals surface area contributed by atoms with Gasteiger partial charge in [-0.1, -0.05) is 23.7 Å². The first-order valence-electron chi connectivity index (χ1n) is 6.91. The van der Waals surface area contributed by atoms with Crippen LogP contribution >= 0.6 is 11.6 Å². The van der Waals surface area contributed by atoms with Crippen molar-refractivity contribution in [2.24, 2.45) is 0 Å². The fourth-order valence-electron chi connectivity index (χ4n) is 2.06. The molecular weight excluding hydrogens is 372 g/mol. The average molecular weight is 385 g/mol. The number of rotatable bonds is 7. The Morgan fingerprint density at radius 2 is 1.68 bits per heavy atom. The summed E-state index contributed by atoms with van der Waals surface area (Å²) in [6.07, 6.45) is 0. The van der Waals surface area contributed by atoms with Gasteiger partial charge in [0.1, 0.15) is 6.54 Å². The minimum Gasteiger partial charge on any atom is -0.480 e. The number of hydrogen-bond donors (Lipinski definition) is 1. The number of carboxylic acid groups (broad SMARTS) is 1. The fourth-order valence-corrected chi connectivity index (χ4v) is 3.56. The van der Waals surface area contributed by atoms with Crippen molar-refractivity contribution < 1.29 is 23.2 Å². The zero-order valence-electron chi connectivity index (χ0n) is 12.7. The molecule has 0 aliphatic carbocycles. The number of nitro benzene ring substituents is 1. The Hall–Kier alpha value is -2.49. The molecule has 25 heavy (non-hydrogen) atoms. The quantitative estimate of drug-likeness (QED) is 0.578. The summed E-state index contributed by atoms with van der Waals surface area (Å²) in [7, 11) is -4.08. The van der Waals surface area contributed by atoms with Gasteiger partial charge in [0.15, 0.2) is 0 Å². The van der Waals surface area contributed by atoms with Gasteiger partial charge in [-0.25, -0.2) is 8.42 Å². The van der Waals surface area contributed by atoms with Gasteiger partial charge in [0.05, 0.1) is 9.82 Å². The molecule has 0 amide bonds. The number of nitro groups is 1. The Bertz CT molecular complexity index is 881. The number of nitrogens with zero attached hydrogens (tertiary/aromatic N) is 2. The summed E-state index contributed by atoms with van der Waals surface area (Å²) in [6.45, 7) is -0.989. The van der Waals surface area contributed by atoms with E-state index in [1.807, 2.05) is 0 Å². The molecule has 0 atom stereocenters. The van der Waals surface area contributed by atoms with E-state index in [9.17, 15) is 23.3 Å². The Labute approximate surface area is 148 Å². The van der Waals surface area contributed by atoms with Crippen molar-refractivity contribution in [3.8, 4) is 0 Å². The van der Waals surface area contributed by atoms with Crippen molar-refractivity contribution in [3.63, 3.8) is 0 Å². The maximum absolute atomic E-state index is 12.7. The Morgan fingerprint density at radius 1 is 1.12 bits per heavy atom. The summed E-state index contributed by atoms with van der Waals surface area (Å²) in [6, 6.07) is 10.5. The van der Waals surface area contributed by atoms with Crippen LogP contribution in [0.1, 0.15) is 5.56 Å². The average Bonchev–Trinajstić information content (AvgIpc) is 2.54. The molecule has 2 rings (SSSR count). The van der Waals surface area contributed by atoms with Gasteiger partial charge in [0.2, 0.25) is 10.0 Å². The minimum atomic E-state index is -4.08. The van der Waals surface area contributed by atoms with Gasteiger partial charge in [-0.05, 0) is 29.8 Å². The smallest absolute Gasteiger partial charge is 0.318 e. The molecule has 1 N–H and O–H groups in total. The predicted octanol–water partition coefficient (Wildman–Crippen LogP) is 2.52. The van der Waals surface area contributed by atoms with Crippen LogP contribution in [0.2, 0.25) is 5.02 Å². The van der Waals surface area contributed by atoms with Gasteiger partial charge >= 0.3 is 5.97 Å². The van der Waals surface area contributed by atoms with E-state index < -0.39 is 27.5 Å². The molecule has 0 radical (unpaired) electrons. The molecule has 8 nitrogen and oxygen atoms in total. The Morgan fingerprint density at radius 3 is 2.16 bits per heavy atom. The van der Waals surface area contributed by atoms with Gasteiger partial charge in [-0.2, -0.15) is 4.31 Å². The largest absolute Gasteiger partial charge is 0.480 e. The van der Waals surface area contributed by atoms with Crippen LogP contribution < -0.4 is 0 Å². The highest BCUT2D eigenvalue weighted by Crippen LogP contribution is 2.21. The molecular formula is C15H13ClN2O6S. The summed E-state index contributed by atoms with van der Waals surface area (Å²) in [5, 5.41) is 20.0. The molecule has 0 heterocycles. The number of carboxylic acids is 1. The van der Waals surface area contributed by atoms with E-state index in [0.29, 0.717) is 10.6 Å². The number of aliphatic carboxylic acids is 1. The number of halogens is 1. The van der Waals surface area contributed by atoms with Crippen LogP contribution in [0.25, 0.3) is 0 Å². The van der Waals surface area contributed by atoms with E-state index >= 15 is 0 Å². The van der Waals surface area contributed by atoms with Crippen LogP contribution in [0.5, 0.6) is 0 Å². The van der Waals surface area contributed by atoms with Gasteiger partial charge in [-0.15, -0.1) is 0 Å². The van der Waals surface area contributed by atoms with Crippen LogP contribution in [-0.4, -0.2) is 35.3 Å². The van der Waals surface area contributed by atoms with Crippen LogP contribution in [0.15, 0.2) is 53.4 Å². The summed E-state index contributed by atoms with van der Waals surface area (Å²) < 4.78 is 26.1. The fraction of sp³-hybridized carbons (Fsp3) is 0.133. The van der Waals surface area contributed by atoms with Crippen LogP contribution in [0.4, 0.5) is 5.69 Å². The van der Waals surface area contributed by atoms with Gasteiger partial charge in [0, 0.05) is 23.7 Å². The molecule has 0 aromatic heterocycles. The highest BCUT2D eigenvalue weighted by molar-refractivity contribution is 7.89. The Kier molecular flexibility index (Phi) is 5.73. The minimum absolute atomic E-state index is 0.0972. The maximum Gasteiger partial charge on any atom is 0.318 e. The first-order valence-corrected chi connectivity index (χ1v) is 8.73. The maximum atomic E-state index is 12.7. The zero-order valence-corrected chi connectivity index (χ0v) is 14.3. The monoisotopic (exact) mass is 384 g/mol. The van der Waals surface area contributed by atoms with Gasteiger partial charge in [0.25, 0.3) is 5.69 Å². The molecule has 2 aromatic carbocycles. The number of hydrogen-bond acceptors (Lipinski definition) is 5. The van der Waals surface area contributed by atoms with Crippen molar-refractivity contribution in [2.45, 2.75) is 11.4 Å². The topological polar surface area (TPSA) is 118 Å². The standard InChI is InChI=1S/C15H13ClN2O6S/c16-12-3-7-14(8-4-12)25(23,24)17(10-15(19)20)9-11-1-5-13(6-2-11)18(21)22/h1-8H,9-10H2,(H,19,20). The Balaban J connectivity index is 2.33. The summed E-state index contributed by atoms with van der Waals surface area (Å²) in [5.74, 6) is -1.32. The number of benzene rings is 2. The molecule has 0 fully saturated rings. The number of carbonyl (C=O) groups is 1. The third-order valence-electron chi connectivity index (χ3n) is 3.27. The van der Waals surface area contributed by atoms with Crippen molar-refractivity contribution in [3.05, 3.63) is 69.2 Å². The van der Waals surface area contributed by atoms with Gasteiger partial charge in [-0.3, -0.25) is 14.9 Å². The lowest BCUT2D eigenvalue weighted by molar-refractivity contribution is -0.384. The zero-order chi connectivity index (χ0) is 18.6. The van der Waals surface area contributed by atoms with Crippen molar-refractivity contribution in [2.75, 3.05) is 6.54 Å². The predicted molar refractivity (Wildman–Crippen MR) is 89.8 cm³/mol. The third kappa shape index (κ3) is 4.75. The lowest BCUT2D eigenvalue weighted by atomic mass is 10.2. The number of sulfonamides is 1. The second-order valence-electron chi connectivity index (χ2n) is 5.04. The normalized spacial score (nSPS) is 11.4. The summed E-state index contributed by atoms with van der Waals surface area (Å²) in [5.41, 5.74) is 0.276. The molecule has 0 aliphatic rings. The first kappa shape index (κ1) is 18.8. The van der Waals surface area contributed by atoms with E-state index in [0.717, 1.165) is 4.31 Å². The van der Waals surface area contributed by atoms with Gasteiger partial charge < -0.3 is 5.11 Å². The second kappa shape index (κ2) is 7.60. The van der Waals surface area contributed by atoms with Crippen molar-refractivity contribution in [1.82, 2.24) is 4.31 Å². The highest BCUT2D eigenvalue weighted by atomic mass is 35.5. The highest BCUT2D eigenvalue weighted by Gasteiger charge is 2.27. The van der Waals surface area contributed by atoms with Crippen LogP contribution in [0.3, 0.4) is 0 Å². The van der Waals surface area contributed by atoms with Crippen LogP contribution in [-0.2, 0) is 21.4 Å². The van der Waals surface area contributed by atoms with E-state index in [2.05, 4.69) is 0 Å². The molecule has 0 bridgehead atoms. The molecule has 0 saturated heterocycles. The molecule has 0 spiro atoms. The summed E-state index contributed by atoms with van der Waals surface area (Å²) >= 11 is 5.74.